The van der Waals surface area contributed by atoms with E-state index >= 15 is 0 Å². The predicted octanol–water partition coefficient (Wildman–Crippen LogP) is 3.16. The van der Waals surface area contributed by atoms with Crippen molar-refractivity contribution in [2.45, 2.75) is 51.0 Å². The molecule has 1 fully saturated rings. The van der Waals surface area contributed by atoms with Gasteiger partial charge in [0, 0.05) is 24.4 Å². The van der Waals surface area contributed by atoms with E-state index in [9.17, 15) is 14.4 Å². The molecule has 0 saturated heterocycles. The van der Waals surface area contributed by atoms with E-state index in [0.29, 0.717) is 43.9 Å². The number of carbonyl (C=O) groups is 3. The smallest absolute Gasteiger partial charge is 0.254 e. The van der Waals surface area contributed by atoms with Crippen LogP contribution in [0.2, 0.25) is 0 Å². The highest BCUT2D eigenvalue weighted by Crippen LogP contribution is 2.28. The van der Waals surface area contributed by atoms with Gasteiger partial charge in [0.15, 0.2) is 5.78 Å². The van der Waals surface area contributed by atoms with Crippen LogP contribution in [0.1, 0.15) is 54.4 Å². The van der Waals surface area contributed by atoms with E-state index in [1.807, 2.05) is 12.1 Å². The van der Waals surface area contributed by atoms with Crippen molar-refractivity contribution >= 4 is 29.1 Å². The number of ketones is 2. The van der Waals surface area contributed by atoms with E-state index in [4.69, 9.17) is 16.3 Å². The number of amides is 1. The normalized spacial score (nSPS) is 20.3. The lowest BCUT2D eigenvalue weighted by Crippen LogP contribution is -2.50. The fourth-order valence-electron chi connectivity index (χ4n) is 3.62. The number of fused-ring (bicyclic) bond motifs is 1. The van der Waals surface area contributed by atoms with Crippen molar-refractivity contribution in [2.75, 3.05) is 19.0 Å². The second-order valence-electron chi connectivity index (χ2n) is 6.90. The molecule has 26 heavy (non-hydrogen) atoms. The predicted molar refractivity (Wildman–Crippen MR) is 98.9 cm³/mol. The van der Waals surface area contributed by atoms with Gasteiger partial charge in [-0.2, -0.15) is 0 Å². The molecule has 2 aliphatic rings. The summed E-state index contributed by atoms with van der Waals surface area (Å²) in [5.74, 6) is 1.18. The molecule has 1 aliphatic heterocycles. The Bertz CT molecular complexity index is 703. The van der Waals surface area contributed by atoms with Gasteiger partial charge in [0.1, 0.15) is 11.5 Å². The Hall–Kier alpha value is -1.88. The number of hydrogen-bond acceptors (Lipinski definition) is 4. The van der Waals surface area contributed by atoms with Crippen LogP contribution in [0.15, 0.2) is 18.2 Å². The second kappa shape index (κ2) is 8.67. The van der Waals surface area contributed by atoms with E-state index < -0.39 is 6.04 Å². The van der Waals surface area contributed by atoms with Crippen LogP contribution in [-0.2, 0) is 16.0 Å². The van der Waals surface area contributed by atoms with Gasteiger partial charge in [-0.1, -0.05) is 0 Å². The molecule has 0 N–H and O–H groups in total. The molecular weight excluding hydrogens is 354 g/mol. The number of unbranched alkanes of at least 4 members (excludes halogenated alkanes) is 2. The summed E-state index contributed by atoms with van der Waals surface area (Å²) in [6.45, 7) is 1.15. The molecule has 6 heteroatoms. The molecule has 1 saturated carbocycles. The zero-order chi connectivity index (χ0) is 18.5. The van der Waals surface area contributed by atoms with E-state index in [-0.39, 0.29) is 23.9 Å². The van der Waals surface area contributed by atoms with E-state index in [1.54, 1.807) is 11.0 Å². The van der Waals surface area contributed by atoms with E-state index in [2.05, 4.69) is 0 Å². The van der Waals surface area contributed by atoms with Crippen molar-refractivity contribution < 1.29 is 19.1 Å². The quantitative estimate of drug-likeness (QED) is 0.416. The maximum atomic E-state index is 12.8. The van der Waals surface area contributed by atoms with Crippen LogP contribution in [-0.4, -0.2) is 47.4 Å². The Morgan fingerprint density at radius 2 is 1.96 bits per heavy atom. The first-order valence-electron chi connectivity index (χ1n) is 9.27. The van der Waals surface area contributed by atoms with Gasteiger partial charge in [-0.05, 0) is 55.9 Å². The lowest BCUT2D eigenvalue weighted by molar-refractivity contribution is -0.133. The number of benzene rings is 1. The lowest BCUT2D eigenvalue weighted by atomic mass is 9.89. The van der Waals surface area contributed by atoms with Crippen molar-refractivity contribution in [2.24, 2.45) is 0 Å². The van der Waals surface area contributed by atoms with Gasteiger partial charge in [0.2, 0.25) is 0 Å². The van der Waals surface area contributed by atoms with E-state index in [0.717, 1.165) is 30.6 Å². The molecule has 0 radical (unpaired) electrons. The lowest BCUT2D eigenvalue weighted by Gasteiger charge is -2.36. The number of halogens is 1. The highest BCUT2D eigenvalue weighted by molar-refractivity contribution is 6.17. The molecule has 140 valence electrons. The fourth-order valence-corrected chi connectivity index (χ4v) is 3.81. The maximum Gasteiger partial charge on any atom is 0.254 e. The summed E-state index contributed by atoms with van der Waals surface area (Å²) in [6, 6.07) is 5.08. The van der Waals surface area contributed by atoms with Crippen molar-refractivity contribution in [3.8, 4) is 5.75 Å². The molecule has 0 spiro atoms. The molecular formula is C20H24ClNO4. The van der Waals surface area contributed by atoms with Crippen molar-refractivity contribution in [1.29, 1.82) is 0 Å². The summed E-state index contributed by atoms with van der Waals surface area (Å²) < 4.78 is 5.77. The molecule has 1 amide bonds. The van der Waals surface area contributed by atoms with Crippen LogP contribution < -0.4 is 4.74 Å². The molecule has 1 unspecified atom stereocenters. The van der Waals surface area contributed by atoms with E-state index in [1.165, 1.54) is 0 Å². The zero-order valence-electron chi connectivity index (χ0n) is 14.8. The minimum absolute atomic E-state index is 0.0241. The number of carbonyl (C=O) groups excluding carboxylic acids is 3. The van der Waals surface area contributed by atoms with Crippen LogP contribution in [0.25, 0.3) is 0 Å². The first-order chi connectivity index (χ1) is 12.6. The van der Waals surface area contributed by atoms with Crippen molar-refractivity contribution in [3.05, 3.63) is 29.3 Å². The molecule has 0 bridgehead atoms. The summed E-state index contributed by atoms with van der Waals surface area (Å²) in [5, 5.41) is 0. The SMILES string of the molecule is O=C1CCC(N2CCc3cc(OCCCCCCl)ccc3C2=O)C(=O)C1. The average molecular weight is 378 g/mol. The number of Topliss-reactive ketones (excluding diaryl/α,β-unsaturated/α-hetero) is 2. The van der Waals surface area contributed by atoms with Crippen molar-refractivity contribution in [3.63, 3.8) is 0 Å². The fraction of sp³-hybridized carbons (Fsp3) is 0.550. The summed E-state index contributed by atoms with van der Waals surface area (Å²) in [4.78, 5) is 38.0. The van der Waals surface area contributed by atoms with Crippen LogP contribution in [0.3, 0.4) is 0 Å². The minimum atomic E-state index is -0.453. The Kier molecular flexibility index (Phi) is 6.30. The monoisotopic (exact) mass is 377 g/mol. The zero-order valence-corrected chi connectivity index (χ0v) is 15.6. The molecule has 1 heterocycles. The first-order valence-corrected chi connectivity index (χ1v) is 9.80. The van der Waals surface area contributed by atoms with Gasteiger partial charge in [0.25, 0.3) is 5.91 Å². The third kappa shape index (κ3) is 4.26. The number of alkyl halides is 1. The second-order valence-corrected chi connectivity index (χ2v) is 7.28. The third-order valence-corrected chi connectivity index (χ3v) is 5.32. The standard InChI is InChI=1S/C20H24ClNO4/c21-9-2-1-3-11-26-16-5-6-17-14(12-16)8-10-22(20(17)25)18-7-4-15(23)13-19(18)24/h5-6,12,18H,1-4,7-11,13H2. The summed E-state index contributed by atoms with van der Waals surface area (Å²) in [6.07, 6.45) is 4.47. The number of hydrogen-bond donors (Lipinski definition) is 0. The van der Waals surface area contributed by atoms with Crippen LogP contribution >= 0.6 is 11.6 Å². The van der Waals surface area contributed by atoms with Gasteiger partial charge in [0.05, 0.1) is 19.1 Å². The Morgan fingerprint density at radius 1 is 1.12 bits per heavy atom. The first kappa shape index (κ1) is 18.9. The largest absolute Gasteiger partial charge is 0.494 e. The summed E-state index contributed by atoms with van der Waals surface area (Å²) in [7, 11) is 0. The third-order valence-electron chi connectivity index (χ3n) is 5.05. The van der Waals surface area contributed by atoms with Crippen LogP contribution in [0, 0.1) is 0 Å². The van der Waals surface area contributed by atoms with Gasteiger partial charge in [-0.25, -0.2) is 0 Å². The number of nitrogens with zero attached hydrogens (tertiary/aromatic N) is 1. The highest BCUT2D eigenvalue weighted by Gasteiger charge is 2.37. The maximum absolute atomic E-state index is 12.8. The number of ether oxygens (including phenoxy) is 1. The van der Waals surface area contributed by atoms with Gasteiger partial charge < -0.3 is 9.64 Å². The number of rotatable bonds is 7. The van der Waals surface area contributed by atoms with Crippen molar-refractivity contribution in [1.82, 2.24) is 4.90 Å². The molecule has 3 rings (SSSR count). The van der Waals surface area contributed by atoms with Crippen LogP contribution in [0.4, 0.5) is 0 Å². The molecule has 0 aromatic heterocycles. The summed E-state index contributed by atoms with van der Waals surface area (Å²) >= 11 is 5.66. The van der Waals surface area contributed by atoms with Gasteiger partial charge in [-0.3, -0.25) is 14.4 Å². The molecule has 1 aromatic carbocycles. The topological polar surface area (TPSA) is 63.7 Å². The Labute approximate surface area is 158 Å². The molecule has 5 nitrogen and oxygen atoms in total. The van der Waals surface area contributed by atoms with Gasteiger partial charge in [-0.15, -0.1) is 11.6 Å². The molecule has 1 aromatic rings. The minimum Gasteiger partial charge on any atom is -0.494 e. The van der Waals surface area contributed by atoms with Crippen LogP contribution in [0.5, 0.6) is 5.75 Å². The molecule has 1 aliphatic carbocycles. The average Bonchev–Trinajstić information content (AvgIpc) is 2.63. The Balaban J connectivity index is 1.63. The summed E-state index contributed by atoms with van der Waals surface area (Å²) in [5.41, 5.74) is 1.60. The van der Waals surface area contributed by atoms with Gasteiger partial charge >= 0.3 is 0 Å². The molecule has 1 atom stereocenters. The Morgan fingerprint density at radius 3 is 2.73 bits per heavy atom. The highest BCUT2D eigenvalue weighted by atomic mass is 35.5.